The summed E-state index contributed by atoms with van der Waals surface area (Å²) in [6.45, 7) is 0.661. The van der Waals surface area contributed by atoms with Crippen molar-refractivity contribution in [1.82, 2.24) is 4.98 Å². The maximum Gasteiger partial charge on any atom is 0.181 e. The minimum Gasteiger partial charge on any atom is -0.448 e. The Kier molecular flexibility index (Phi) is 2.35. The topological polar surface area (TPSA) is 52.0 Å². The summed E-state index contributed by atoms with van der Waals surface area (Å²) in [6, 6.07) is 0. The van der Waals surface area contributed by atoms with Gasteiger partial charge in [0.1, 0.15) is 5.76 Å². The minimum absolute atomic E-state index is 0.353. The molecule has 1 aromatic rings. The van der Waals surface area contributed by atoms with Crippen LogP contribution in [0.3, 0.4) is 0 Å². The van der Waals surface area contributed by atoms with Crippen molar-refractivity contribution in [3.05, 3.63) is 17.8 Å². The van der Waals surface area contributed by atoms with Crippen LogP contribution in [-0.4, -0.2) is 11.5 Å². The summed E-state index contributed by atoms with van der Waals surface area (Å²) in [5.41, 5.74) is 7.32. The van der Waals surface area contributed by atoms with E-state index in [0.717, 1.165) is 29.9 Å². The van der Waals surface area contributed by atoms with Gasteiger partial charge in [-0.15, -0.1) is 0 Å². The van der Waals surface area contributed by atoms with E-state index in [1.54, 1.807) is 6.39 Å². The van der Waals surface area contributed by atoms with E-state index < -0.39 is 0 Å². The average molecular weight is 246 g/mol. The van der Waals surface area contributed by atoms with Gasteiger partial charge in [0.2, 0.25) is 0 Å². The van der Waals surface area contributed by atoms with Gasteiger partial charge in [-0.25, -0.2) is 4.98 Å². The monoisotopic (exact) mass is 246 g/mol. The van der Waals surface area contributed by atoms with Crippen LogP contribution in [-0.2, 0) is 11.8 Å². The molecule has 98 valence electrons. The molecular formula is C15H22N2O. The first-order chi connectivity index (χ1) is 8.79. The first kappa shape index (κ1) is 11.0. The Morgan fingerprint density at radius 1 is 1.17 bits per heavy atom. The Bertz CT molecular complexity index is 416. The molecule has 0 amide bonds. The van der Waals surface area contributed by atoms with Gasteiger partial charge in [0, 0.05) is 11.8 Å². The average Bonchev–Trinajstić information content (AvgIpc) is 2.76. The number of hydrogen-bond acceptors (Lipinski definition) is 3. The molecule has 2 N–H and O–H groups in total. The Balaban J connectivity index is 1.72. The zero-order valence-electron chi connectivity index (χ0n) is 10.9. The van der Waals surface area contributed by atoms with Crippen molar-refractivity contribution in [3.63, 3.8) is 0 Å². The van der Waals surface area contributed by atoms with Crippen LogP contribution in [0, 0.1) is 17.8 Å². The van der Waals surface area contributed by atoms with Crippen molar-refractivity contribution < 1.29 is 4.42 Å². The summed E-state index contributed by atoms with van der Waals surface area (Å²) in [5, 5.41) is 0. The quantitative estimate of drug-likeness (QED) is 0.892. The highest BCUT2D eigenvalue weighted by atomic mass is 16.3. The molecule has 4 fully saturated rings. The van der Waals surface area contributed by atoms with Gasteiger partial charge in [0.05, 0.1) is 5.69 Å². The highest BCUT2D eigenvalue weighted by Crippen LogP contribution is 2.60. The summed E-state index contributed by atoms with van der Waals surface area (Å²) in [7, 11) is 0. The van der Waals surface area contributed by atoms with Crippen molar-refractivity contribution in [2.45, 2.75) is 50.4 Å². The number of nitrogens with two attached hydrogens (primary N) is 1. The van der Waals surface area contributed by atoms with Crippen LogP contribution in [0.4, 0.5) is 0 Å². The normalized spacial score (nSPS) is 41.5. The molecule has 4 aliphatic carbocycles. The molecule has 4 bridgehead atoms. The first-order valence-electron chi connectivity index (χ1n) is 7.42. The maximum absolute atomic E-state index is 5.69. The number of hydrogen-bond donors (Lipinski definition) is 1. The van der Waals surface area contributed by atoms with Crippen LogP contribution in [0.25, 0.3) is 0 Å². The summed E-state index contributed by atoms with van der Waals surface area (Å²) in [5.74, 6) is 3.94. The second kappa shape index (κ2) is 3.83. The molecule has 0 atom stereocenters. The third kappa shape index (κ3) is 1.49. The molecular weight excluding hydrogens is 224 g/mol. The number of oxazole rings is 1. The molecule has 0 saturated heterocycles. The van der Waals surface area contributed by atoms with E-state index in [4.69, 9.17) is 10.2 Å². The van der Waals surface area contributed by atoms with Gasteiger partial charge in [-0.3, -0.25) is 0 Å². The van der Waals surface area contributed by atoms with E-state index in [9.17, 15) is 0 Å². The van der Waals surface area contributed by atoms with Crippen molar-refractivity contribution in [3.8, 4) is 0 Å². The lowest BCUT2D eigenvalue weighted by atomic mass is 9.48. The fraction of sp³-hybridized carbons (Fsp3) is 0.800. The molecule has 3 nitrogen and oxygen atoms in total. The molecule has 0 spiro atoms. The fourth-order valence-electron chi connectivity index (χ4n) is 5.41. The van der Waals surface area contributed by atoms with Gasteiger partial charge < -0.3 is 10.2 Å². The summed E-state index contributed by atoms with van der Waals surface area (Å²) >= 11 is 0. The maximum atomic E-state index is 5.69. The van der Waals surface area contributed by atoms with Gasteiger partial charge in [-0.2, -0.15) is 0 Å². The number of rotatable bonds is 3. The molecule has 0 radical (unpaired) electrons. The molecule has 0 aliphatic heterocycles. The molecule has 4 saturated carbocycles. The van der Waals surface area contributed by atoms with Crippen LogP contribution in [0.2, 0.25) is 0 Å². The molecule has 5 rings (SSSR count). The fourth-order valence-corrected chi connectivity index (χ4v) is 5.41. The van der Waals surface area contributed by atoms with Crippen molar-refractivity contribution in [2.75, 3.05) is 6.54 Å². The molecule has 18 heavy (non-hydrogen) atoms. The van der Waals surface area contributed by atoms with E-state index in [2.05, 4.69) is 4.98 Å². The van der Waals surface area contributed by atoms with Crippen LogP contribution in [0.1, 0.15) is 50.0 Å². The molecule has 1 aromatic heterocycles. The van der Waals surface area contributed by atoms with E-state index in [1.807, 2.05) is 0 Å². The zero-order chi connectivity index (χ0) is 12.2. The predicted octanol–water partition coefficient (Wildman–Crippen LogP) is 2.64. The second-order valence-corrected chi connectivity index (χ2v) is 6.86. The lowest BCUT2D eigenvalue weighted by molar-refractivity contribution is -0.00774. The minimum atomic E-state index is 0.353. The third-order valence-corrected chi connectivity index (χ3v) is 5.55. The van der Waals surface area contributed by atoms with E-state index in [-0.39, 0.29) is 0 Å². The lowest BCUT2D eigenvalue weighted by Crippen LogP contribution is -2.49. The zero-order valence-corrected chi connectivity index (χ0v) is 10.9. The molecule has 4 aliphatic rings. The van der Waals surface area contributed by atoms with Gasteiger partial charge in [0.15, 0.2) is 6.39 Å². The van der Waals surface area contributed by atoms with Crippen LogP contribution in [0.15, 0.2) is 10.8 Å². The van der Waals surface area contributed by atoms with Gasteiger partial charge in [0.25, 0.3) is 0 Å². The summed E-state index contributed by atoms with van der Waals surface area (Å²) < 4.78 is 5.60. The standard InChI is InChI=1S/C15H22N2O/c16-2-1-13-14(17-9-18-13)15-6-10-3-11(7-15)5-12(4-10)8-15/h9-12H,1-8,16H2. The van der Waals surface area contributed by atoms with E-state index in [1.165, 1.54) is 44.2 Å². The SMILES string of the molecule is NCCc1ocnc1C12CC3CC(CC(C3)C1)C2. The molecule has 0 aromatic carbocycles. The van der Waals surface area contributed by atoms with Gasteiger partial charge in [-0.05, 0) is 62.8 Å². The lowest BCUT2D eigenvalue weighted by Gasteiger charge is -2.56. The van der Waals surface area contributed by atoms with Gasteiger partial charge in [-0.1, -0.05) is 0 Å². The highest BCUT2D eigenvalue weighted by molar-refractivity contribution is 5.25. The van der Waals surface area contributed by atoms with Crippen molar-refractivity contribution in [2.24, 2.45) is 23.5 Å². The molecule has 3 heteroatoms. The predicted molar refractivity (Wildman–Crippen MR) is 69.1 cm³/mol. The van der Waals surface area contributed by atoms with Crippen molar-refractivity contribution in [1.29, 1.82) is 0 Å². The van der Waals surface area contributed by atoms with Crippen LogP contribution in [0.5, 0.6) is 0 Å². The Morgan fingerprint density at radius 2 is 1.78 bits per heavy atom. The Labute approximate surface area is 108 Å². The van der Waals surface area contributed by atoms with Crippen LogP contribution < -0.4 is 5.73 Å². The highest BCUT2D eigenvalue weighted by Gasteiger charge is 2.53. The second-order valence-electron chi connectivity index (χ2n) is 6.86. The largest absolute Gasteiger partial charge is 0.448 e. The molecule has 1 heterocycles. The summed E-state index contributed by atoms with van der Waals surface area (Å²) in [4.78, 5) is 4.60. The Morgan fingerprint density at radius 3 is 2.33 bits per heavy atom. The van der Waals surface area contributed by atoms with E-state index in [0.29, 0.717) is 12.0 Å². The first-order valence-corrected chi connectivity index (χ1v) is 7.42. The number of aromatic nitrogens is 1. The Hall–Kier alpha value is -0.830. The van der Waals surface area contributed by atoms with Crippen LogP contribution >= 0.6 is 0 Å². The van der Waals surface area contributed by atoms with Gasteiger partial charge >= 0.3 is 0 Å². The molecule has 0 unspecified atom stereocenters. The van der Waals surface area contributed by atoms with Crippen molar-refractivity contribution >= 4 is 0 Å². The van der Waals surface area contributed by atoms with E-state index >= 15 is 0 Å². The number of nitrogens with zero attached hydrogens (tertiary/aromatic N) is 1. The smallest absolute Gasteiger partial charge is 0.181 e. The summed E-state index contributed by atoms with van der Waals surface area (Å²) in [6.07, 6.45) is 11.0. The third-order valence-electron chi connectivity index (χ3n) is 5.55.